The molecule has 2 aromatic rings. The lowest BCUT2D eigenvalue weighted by Crippen LogP contribution is -2.32. The number of carbonyl (C=O) groups excluding carboxylic acids is 2. The van der Waals surface area contributed by atoms with E-state index in [1.807, 2.05) is 42.5 Å². The van der Waals surface area contributed by atoms with E-state index in [0.29, 0.717) is 6.54 Å². The van der Waals surface area contributed by atoms with Crippen molar-refractivity contribution in [3.05, 3.63) is 70.8 Å². The first kappa shape index (κ1) is 21.1. The Morgan fingerprint density at radius 1 is 0.963 bits per heavy atom. The number of hydrogen-bond donors (Lipinski definition) is 2. The van der Waals surface area contributed by atoms with E-state index in [1.54, 1.807) is 0 Å². The molecule has 3 N–H and O–H groups in total. The fraction of sp³-hybridized carbons (Fsp3) is 0.364. The van der Waals surface area contributed by atoms with E-state index >= 15 is 0 Å². The average Bonchev–Trinajstić information content (AvgIpc) is 2.70. The van der Waals surface area contributed by atoms with Crippen molar-refractivity contribution in [3.8, 4) is 0 Å². The summed E-state index contributed by atoms with van der Waals surface area (Å²) in [6.07, 6.45) is 4.99. The Kier molecular flexibility index (Phi) is 8.01. The molecule has 0 spiro atoms. The Balaban J connectivity index is 0.00000261. The quantitative estimate of drug-likeness (QED) is 0.711. The molecule has 0 heterocycles. The van der Waals surface area contributed by atoms with Gasteiger partial charge in [0, 0.05) is 31.0 Å². The molecule has 2 aromatic carbocycles. The lowest BCUT2D eigenvalue weighted by atomic mass is 9.89. The summed E-state index contributed by atoms with van der Waals surface area (Å²) >= 11 is 0. The minimum absolute atomic E-state index is 0. The van der Waals surface area contributed by atoms with Crippen LogP contribution in [0.2, 0.25) is 0 Å². The predicted molar refractivity (Wildman–Crippen MR) is 110 cm³/mol. The number of carbonyl (C=O) groups is 2. The number of amides is 1. The fourth-order valence-corrected chi connectivity index (χ4v) is 3.41. The monoisotopic (exact) mass is 386 g/mol. The zero-order chi connectivity index (χ0) is 18.4. The molecule has 0 saturated carbocycles. The molecular weight excluding hydrogens is 360 g/mol. The van der Waals surface area contributed by atoms with Gasteiger partial charge < -0.3 is 11.1 Å². The molecule has 4 nitrogen and oxygen atoms in total. The van der Waals surface area contributed by atoms with Crippen molar-refractivity contribution < 1.29 is 9.59 Å². The van der Waals surface area contributed by atoms with Crippen molar-refractivity contribution in [2.45, 2.75) is 44.6 Å². The van der Waals surface area contributed by atoms with Crippen LogP contribution in [0.4, 0.5) is 0 Å². The van der Waals surface area contributed by atoms with Crippen LogP contribution in [0.1, 0.15) is 58.8 Å². The number of Topliss-reactive ketones (excluding diaryl/α,β-unsaturated/α-hetero) is 1. The molecule has 1 atom stereocenters. The molecular formula is C22H27ClN2O2. The first-order chi connectivity index (χ1) is 12.6. The molecule has 0 bridgehead atoms. The van der Waals surface area contributed by atoms with Gasteiger partial charge in [0.05, 0.1) is 0 Å². The largest absolute Gasteiger partial charge is 0.354 e. The van der Waals surface area contributed by atoms with E-state index in [4.69, 9.17) is 5.73 Å². The highest BCUT2D eigenvalue weighted by Crippen LogP contribution is 2.23. The van der Waals surface area contributed by atoms with Crippen molar-refractivity contribution in [2.24, 2.45) is 5.73 Å². The van der Waals surface area contributed by atoms with Gasteiger partial charge in [0.25, 0.3) is 0 Å². The van der Waals surface area contributed by atoms with Crippen molar-refractivity contribution >= 4 is 24.1 Å². The second-order valence-electron chi connectivity index (χ2n) is 6.94. The summed E-state index contributed by atoms with van der Waals surface area (Å²) in [7, 11) is 0. The molecule has 0 saturated heterocycles. The Labute approximate surface area is 166 Å². The summed E-state index contributed by atoms with van der Waals surface area (Å²) in [6.45, 7) is 0.371. The number of fused-ring (bicyclic) bond motifs is 1. The van der Waals surface area contributed by atoms with Gasteiger partial charge in [-0.2, -0.15) is 0 Å². The molecule has 1 aliphatic rings. The maximum atomic E-state index is 12.4. The molecule has 5 heteroatoms. The van der Waals surface area contributed by atoms with Crippen LogP contribution >= 0.6 is 12.4 Å². The number of benzene rings is 2. The summed E-state index contributed by atoms with van der Waals surface area (Å²) < 4.78 is 0. The van der Waals surface area contributed by atoms with Gasteiger partial charge in [0.15, 0.2) is 5.78 Å². The summed E-state index contributed by atoms with van der Waals surface area (Å²) in [4.78, 5) is 24.4. The summed E-state index contributed by atoms with van der Waals surface area (Å²) in [5.41, 5.74) is 10.4. The van der Waals surface area contributed by atoms with Crippen molar-refractivity contribution in [2.75, 3.05) is 6.54 Å². The number of halogens is 1. The Bertz CT molecular complexity index is 777. The molecule has 1 unspecified atom stereocenters. The number of aryl methyl sites for hydroxylation is 2. The van der Waals surface area contributed by atoms with Gasteiger partial charge in [-0.3, -0.25) is 9.59 Å². The van der Waals surface area contributed by atoms with Crippen LogP contribution in [0, 0.1) is 0 Å². The summed E-state index contributed by atoms with van der Waals surface area (Å²) in [5.74, 6) is -0.108. The zero-order valence-corrected chi connectivity index (χ0v) is 16.3. The van der Waals surface area contributed by atoms with Gasteiger partial charge in [0.1, 0.15) is 0 Å². The predicted octanol–water partition coefficient (Wildman–Crippen LogP) is 3.77. The number of rotatable bonds is 7. The maximum absolute atomic E-state index is 12.4. The number of nitrogens with one attached hydrogen (secondary N) is 1. The van der Waals surface area contributed by atoms with E-state index in [-0.39, 0.29) is 43.0 Å². The zero-order valence-electron chi connectivity index (χ0n) is 15.4. The smallest absolute Gasteiger partial charge is 0.220 e. The van der Waals surface area contributed by atoms with Gasteiger partial charge in [-0.1, -0.05) is 42.5 Å². The molecule has 0 aliphatic heterocycles. The van der Waals surface area contributed by atoms with Crippen LogP contribution in [0.5, 0.6) is 0 Å². The minimum atomic E-state index is -0.239. The highest BCUT2D eigenvalue weighted by Gasteiger charge is 2.14. The lowest BCUT2D eigenvalue weighted by molar-refractivity contribution is -0.121. The maximum Gasteiger partial charge on any atom is 0.220 e. The molecule has 0 fully saturated rings. The van der Waals surface area contributed by atoms with E-state index in [1.165, 1.54) is 24.0 Å². The summed E-state index contributed by atoms with van der Waals surface area (Å²) in [5, 5.41) is 2.82. The molecule has 27 heavy (non-hydrogen) atoms. The highest BCUT2D eigenvalue weighted by molar-refractivity contribution is 5.98. The first-order valence-electron chi connectivity index (χ1n) is 9.35. The van der Waals surface area contributed by atoms with Crippen LogP contribution in [0.3, 0.4) is 0 Å². The molecule has 1 aliphatic carbocycles. The second kappa shape index (κ2) is 10.2. The topological polar surface area (TPSA) is 72.2 Å². The Morgan fingerprint density at radius 3 is 2.41 bits per heavy atom. The third-order valence-corrected chi connectivity index (χ3v) is 5.00. The van der Waals surface area contributed by atoms with Gasteiger partial charge in [-0.15, -0.1) is 12.4 Å². The molecule has 3 rings (SSSR count). The van der Waals surface area contributed by atoms with Crippen LogP contribution in [0.25, 0.3) is 0 Å². The molecule has 0 radical (unpaired) electrons. The SMILES string of the molecule is Cl.NC(CNC(=O)CCC(=O)c1ccc2c(c1)CCCC2)c1ccccc1. The normalized spacial score (nSPS) is 13.8. The molecule has 1 amide bonds. The van der Waals surface area contributed by atoms with E-state index in [0.717, 1.165) is 24.0 Å². The van der Waals surface area contributed by atoms with Crippen molar-refractivity contribution in [1.29, 1.82) is 0 Å². The van der Waals surface area contributed by atoms with E-state index < -0.39 is 0 Å². The van der Waals surface area contributed by atoms with Gasteiger partial charge >= 0.3 is 0 Å². The summed E-state index contributed by atoms with van der Waals surface area (Å²) in [6, 6.07) is 15.4. The number of hydrogen-bond acceptors (Lipinski definition) is 3. The second-order valence-corrected chi connectivity index (χ2v) is 6.94. The van der Waals surface area contributed by atoms with Crippen LogP contribution < -0.4 is 11.1 Å². The van der Waals surface area contributed by atoms with E-state index in [9.17, 15) is 9.59 Å². The minimum Gasteiger partial charge on any atom is -0.354 e. The van der Waals surface area contributed by atoms with Crippen LogP contribution in [-0.4, -0.2) is 18.2 Å². The number of ketones is 1. The van der Waals surface area contributed by atoms with Gasteiger partial charge in [0.2, 0.25) is 5.91 Å². The standard InChI is InChI=1S/C22H26N2O2.ClH/c23-20(17-7-2-1-3-8-17)15-24-22(26)13-12-21(25)19-11-10-16-6-4-5-9-18(16)14-19;/h1-3,7-8,10-11,14,20H,4-6,9,12-13,15,23H2,(H,24,26);1H. The lowest BCUT2D eigenvalue weighted by Gasteiger charge is -2.16. The third-order valence-electron chi connectivity index (χ3n) is 5.00. The average molecular weight is 387 g/mol. The first-order valence-corrected chi connectivity index (χ1v) is 9.35. The van der Waals surface area contributed by atoms with Gasteiger partial charge in [-0.25, -0.2) is 0 Å². The third kappa shape index (κ3) is 5.91. The number of nitrogens with two attached hydrogens (primary N) is 1. The fourth-order valence-electron chi connectivity index (χ4n) is 3.41. The highest BCUT2D eigenvalue weighted by atomic mass is 35.5. The van der Waals surface area contributed by atoms with Crippen molar-refractivity contribution in [1.82, 2.24) is 5.32 Å². The van der Waals surface area contributed by atoms with E-state index in [2.05, 4.69) is 11.4 Å². The Hall–Kier alpha value is -2.17. The molecule has 144 valence electrons. The van der Waals surface area contributed by atoms with Crippen LogP contribution in [-0.2, 0) is 17.6 Å². The van der Waals surface area contributed by atoms with Crippen molar-refractivity contribution in [3.63, 3.8) is 0 Å². The van der Waals surface area contributed by atoms with Crippen LogP contribution in [0.15, 0.2) is 48.5 Å². The van der Waals surface area contributed by atoms with Gasteiger partial charge in [-0.05, 0) is 48.4 Å². The molecule has 0 aromatic heterocycles. The Morgan fingerprint density at radius 2 is 1.67 bits per heavy atom.